The van der Waals surface area contributed by atoms with Gasteiger partial charge in [0.15, 0.2) is 37.7 Å². The fraction of sp³-hybridized carbons (Fsp3) is 0.969. The first-order valence-corrected chi connectivity index (χ1v) is 33.8. The number of allylic oxidation sites excluding steroid dienone is 2. The molecule has 6 heterocycles. The van der Waals surface area contributed by atoms with Gasteiger partial charge in [0, 0.05) is 12.0 Å². The smallest absolute Gasteiger partial charge is 0.187 e. The molecule has 5 aliphatic carbocycles. The van der Waals surface area contributed by atoms with Crippen molar-refractivity contribution in [2.45, 2.75) is 290 Å². The molecule has 4 saturated carbocycles. The van der Waals surface area contributed by atoms with E-state index in [4.69, 9.17) is 56.8 Å². The number of hydrogen-bond acceptors (Lipinski definition) is 31. The number of hydrogen-bond donors (Lipinski definition) is 19. The SMILES string of the molecule is C[C@@H]1O[C@@H](O[C@H]2[C@H](O)[C@@H](CO)O[C@@H](O[C@H]3CO[C@@H](O[C@H]4CC[C@]5(C)[C@H]6CC=C7[C@@H]8C[C@@](C)(CO)CC[C@]8(CO)[C@H](O)C[C@@]7(C)[C@]6(C)CC[C@H]5C4(C)C)[C@H](O[C@@H]4O[C@H](CO)[C@@H](O)[C@H](O)[C@H]4O)[C@H]3O)[C@@H]2O[C@@H]2OC[C@@H](O)[C@H](O[C@@H]3O[C@H](CO)[C@@H](O)[C@H](O)[C@H]3O)[C@H]2O)[C@H](O)[C@H](O)[C@H]1O. The summed E-state index contributed by atoms with van der Waals surface area (Å²) in [6.07, 6.45) is -44.1. The molecule has 31 heteroatoms. The molecule has 0 aromatic rings. The highest BCUT2D eigenvalue weighted by molar-refractivity contribution is 5.35. The zero-order valence-corrected chi connectivity index (χ0v) is 54.8. The molecule has 38 atom stereocenters. The maximum absolute atomic E-state index is 12.8. The third-order valence-electron chi connectivity index (χ3n) is 25.3. The number of rotatable bonds is 17. The van der Waals surface area contributed by atoms with Crippen molar-refractivity contribution in [3.05, 3.63) is 11.6 Å². The van der Waals surface area contributed by atoms with E-state index in [1.807, 2.05) is 0 Å². The van der Waals surface area contributed by atoms with Gasteiger partial charge < -0.3 is 154 Å². The van der Waals surface area contributed by atoms with Gasteiger partial charge in [-0.1, -0.05) is 53.2 Å². The maximum atomic E-state index is 12.8. The number of aliphatic hydroxyl groups excluding tert-OH is 19. The molecule has 0 aromatic carbocycles. The summed E-state index contributed by atoms with van der Waals surface area (Å²) < 4.78 is 73.7. The minimum atomic E-state index is -2.12. The highest BCUT2D eigenvalue weighted by Crippen LogP contribution is 2.76. The van der Waals surface area contributed by atoms with E-state index in [2.05, 4.69) is 47.6 Å². The van der Waals surface area contributed by atoms with Gasteiger partial charge in [-0.3, -0.25) is 0 Å². The third-order valence-corrected chi connectivity index (χ3v) is 25.3. The summed E-state index contributed by atoms with van der Waals surface area (Å²) >= 11 is 0. The van der Waals surface area contributed by atoms with E-state index < -0.39 is 234 Å². The second-order valence-corrected chi connectivity index (χ2v) is 30.9. The summed E-state index contributed by atoms with van der Waals surface area (Å²) in [7, 11) is 0. The minimum Gasteiger partial charge on any atom is -0.396 e. The van der Waals surface area contributed by atoms with E-state index in [1.165, 1.54) is 12.5 Å². The van der Waals surface area contributed by atoms with Crippen molar-refractivity contribution in [2.24, 2.45) is 50.2 Å². The lowest BCUT2D eigenvalue weighted by Gasteiger charge is -2.72. The molecule has 31 nitrogen and oxygen atoms in total. The Morgan fingerprint density at radius 3 is 1.60 bits per heavy atom. The van der Waals surface area contributed by atoms with Crippen LogP contribution in [-0.2, 0) is 56.8 Å². The highest BCUT2D eigenvalue weighted by atomic mass is 16.8. The van der Waals surface area contributed by atoms with E-state index in [0.717, 1.165) is 19.3 Å². The van der Waals surface area contributed by atoms with Crippen molar-refractivity contribution in [2.75, 3.05) is 46.2 Å². The minimum absolute atomic E-state index is 0.00557. The van der Waals surface area contributed by atoms with E-state index >= 15 is 0 Å². The predicted molar refractivity (Wildman–Crippen MR) is 317 cm³/mol. The standard InChI is InChI=1S/C64H106O31/c1-25-37(72)42(77)45(80)54(86-25)93-50-40(75)31(20-67)89-58(52(50)95-53-48(83)49(28(70)21-84-53)92-55-46(81)43(78)38(73)29(18-65)87-55)90-32-22-85-57(51(41(32)76)94-56-47(82)44(79)39(74)30(19-66)88-56)91-36-11-12-61(5)33(59(36,2)3)10-13-62(6)34(61)9-8-26-27-16-60(4,23-68)14-15-64(27,24-69)35(71)17-63(26,62)7/h8,25,27-58,65-83H,9-24H2,1-7H3/t25-,27-,28+,29+,30+,31+,32-,33-,34+,35+,36-,37-,38+,39+,40+,41-,42+,43-,44-,45+,46+,47+,48+,49-,50-,51+,52+,53-,54-,55-,56-,57-,58-,60-,61-,62+,63+,64+/m0/s1. The Labute approximate surface area is 550 Å². The Balaban J connectivity index is 0.878. The topological polar surface area (TPSA) is 495 Å². The molecule has 10 fully saturated rings. The van der Waals surface area contributed by atoms with Crippen LogP contribution in [0.4, 0.5) is 0 Å². The van der Waals surface area contributed by atoms with Crippen LogP contribution in [0.25, 0.3) is 0 Å². The highest BCUT2D eigenvalue weighted by Gasteiger charge is 2.71. The Morgan fingerprint density at radius 1 is 0.453 bits per heavy atom. The lowest BCUT2D eigenvalue weighted by atomic mass is 9.33. The lowest BCUT2D eigenvalue weighted by Crippen LogP contribution is -2.68. The number of fused-ring (bicyclic) bond motifs is 7. The first-order chi connectivity index (χ1) is 44.7. The Bertz CT molecular complexity index is 2610. The zero-order valence-electron chi connectivity index (χ0n) is 54.8. The molecule has 6 saturated heterocycles. The average Bonchev–Trinajstić information content (AvgIpc) is 0.674. The van der Waals surface area contributed by atoms with Crippen LogP contribution in [0.15, 0.2) is 11.6 Å². The molecule has 11 rings (SSSR count). The molecule has 0 amide bonds. The molecular weight excluding hydrogens is 1260 g/mol. The lowest BCUT2D eigenvalue weighted by molar-refractivity contribution is -0.407. The quantitative estimate of drug-likeness (QED) is 0.0477. The van der Waals surface area contributed by atoms with Gasteiger partial charge in [-0.25, -0.2) is 0 Å². The van der Waals surface area contributed by atoms with Gasteiger partial charge >= 0.3 is 0 Å². The molecule has 0 unspecified atom stereocenters. The van der Waals surface area contributed by atoms with Crippen LogP contribution < -0.4 is 0 Å². The molecule has 19 N–H and O–H groups in total. The van der Waals surface area contributed by atoms with Crippen LogP contribution in [0, 0.1) is 50.2 Å². The van der Waals surface area contributed by atoms with Crippen molar-refractivity contribution >= 4 is 0 Å². The van der Waals surface area contributed by atoms with Gasteiger partial charge in [-0.05, 0) is 110 Å². The molecule has 0 aromatic heterocycles. The van der Waals surface area contributed by atoms with Crippen molar-refractivity contribution in [3.8, 4) is 0 Å². The Hall–Kier alpha value is -1.50. The second kappa shape index (κ2) is 28.3. The number of ether oxygens (including phenoxy) is 12. The largest absolute Gasteiger partial charge is 0.396 e. The molecule has 0 bridgehead atoms. The molecule has 95 heavy (non-hydrogen) atoms. The van der Waals surface area contributed by atoms with Crippen LogP contribution >= 0.6 is 0 Å². The molecule has 11 aliphatic rings. The van der Waals surface area contributed by atoms with Crippen LogP contribution in [0.1, 0.15) is 106 Å². The number of aliphatic hydroxyl groups is 19. The van der Waals surface area contributed by atoms with Crippen molar-refractivity contribution in [3.63, 3.8) is 0 Å². The normalized spacial score (nSPS) is 55.7. The summed E-state index contributed by atoms with van der Waals surface area (Å²) in [6.45, 7) is 10.6. The van der Waals surface area contributed by atoms with Gasteiger partial charge in [-0.2, -0.15) is 0 Å². The van der Waals surface area contributed by atoms with E-state index in [-0.39, 0.29) is 47.2 Å². The second-order valence-electron chi connectivity index (χ2n) is 30.9. The maximum Gasteiger partial charge on any atom is 0.187 e. The van der Waals surface area contributed by atoms with Crippen LogP contribution in [0.3, 0.4) is 0 Å². The molecule has 548 valence electrons. The fourth-order valence-corrected chi connectivity index (χ4v) is 19.1. The van der Waals surface area contributed by atoms with Crippen LogP contribution in [0.5, 0.6) is 0 Å². The van der Waals surface area contributed by atoms with E-state index in [1.54, 1.807) is 0 Å². The van der Waals surface area contributed by atoms with Crippen LogP contribution in [-0.4, -0.2) is 328 Å². The first-order valence-electron chi connectivity index (χ1n) is 33.8. The monoisotopic (exact) mass is 1370 g/mol. The van der Waals surface area contributed by atoms with Gasteiger partial charge in [0.1, 0.15) is 128 Å². The van der Waals surface area contributed by atoms with Crippen molar-refractivity contribution < 1.29 is 154 Å². The van der Waals surface area contributed by atoms with Gasteiger partial charge in [0.05, 0.1) is 58.0 Å². The predicted octanol–water partition coefficient (Wildman–Crippen LogP) is -5.66. The Kier molecular flexibility index (Phi) is 22.2. The van der Waals surface area contributed by atoms with Gasteiger partial charge in [0.25, 0.3) is 0 Å². The van der Waals surface area contributed by atoms with Gasteiger partial charge in [0.2, 0.25) is 0 Å². The average molecular weight is 1370 g/mol. The van der Waals surface area contributed by atoms with E-state index in [0.29, 0.717) is 38.5 Å². The molecule has 0 spiro atoms. The first kappa shape index (κ1) is 74.7. The third kappa shape index (κ3) is 12.8. The summed E-state index contributed by atoms with van der Waals surface area (Å²) in [5.74, 6) is 0.0356. The summed E-state index contributed by atoms with van der Waals surface area (Å²) in [6, 6.07) is 0. The summed E-state index contributed by atoms with van der Waals surface area (Å²) in [4.78, 5) is 0. The van der Waals surface area contributed by atoms with E-state index in [9.17, 15) is 97.0 Å². The molecule has 6 aliphatic heterocycles. The van der Waals surface area contributed by atoms with Gasteiger partial charge in [-0.15, -0.1) is 0 Å². The molecule has 0 radical (unpaired) electrons. The zero-order chi connectivity index (χ0) is 69.1. The summed E-state index contributed by atoms with van der Waals surface area (Å²) in [5, 5.41) is 210. The fourth-order valence-electron chi connectivity index (χ4n) is 19.1. The Morgan fingerprint density at radius 2 is 1.00 bits per heavy atom. The van der Waals surface area contributed by atoms with Crippen LogP contribution in [0.2, 0.25) is 0 Å². The van der Waals surface area contributed by atoms with Crippen molar-refractivity contribution in [1.29, 1.82) is 0 Å². The summed E-state index contributed by atoms with van der Waals surface area (Å²) in [5.41, 5.74) is -1.47. The molecular formula is C64H106O31. The van der Waals surface area contributed by atoms with Crippen molar-refractivity contribution in [1.82, 2.24) is 0 Å².